The van der Waals surface area contributed by atoms with Crippen molar-refractivity contribution < 1.29 is 9.90 Å². The van der Waals surface area contributed by atoms with E-state index in [1.807, 2.05) is 13.0 Å². The molecule has 17 heavy (non-hydrogen) atoms. The van der Waals surface area contributed by atoms with Gasteiger partial charge in [0.05, 0.1) is 5.56 Å². The SMILES string of the molecule is Cc1ccc(C(=O)O)cc1N1CC(C(C)C)C1. The zero-order chi connectivity index (χ0) is 12.6. The molecule has 1 heterocycles. The molecular formula is C14H19NO2. The Hall–Kier alpha value is -1.51. The summed E-state index contributed by atoms with van der Waals surface area (Å²) in [6.07, 6.45) is 0. The molecular weight excluding hydrogens is 214 g/mol. The first-order chi connectivity index (χ1) is 7.99. The zero-order valence-electron chi connectivity index (χ0n) is 10.6. The summed E-state index contributed by atoms with van der Waals surface area (Å²) in [5.74, 6) is 0.587. The van der Waals surface area contributed by atoms with E-state index in [0.717, 1.165) is 30.3 Å². The maximum atomic E-state index is 10.9. The van der Waals surface area contributed by atoms with Gasteiger partial charge < -0.3 is 10.0 Å². The Labute approximate surface area is 102 Å². The fourth-order valence-corrected chi connectivity index (χ4v) is 2.21. The Bertz CT molecular complexity index is 434. The van der Waals surface area contributed by atoms with E-state index < -0.39 is 5.97 Å². The van der Waals surface area contributed by atoms with Crippen molar-refractivity contribution in [2.75, 3.05) is 18.0 Å². The maximum Gasteiger partial charge on any atom is 0.335 e. The molecule has 0 radical (unpaired) electrons. The molecule has 1 saturated heterocycles. The Balaban J connectivity index is 2.17. The smallest absolute Gasteiger partial charge is 0.335 e. The van der Waals surface area contributed by atoms with Gasteiger partial charge >= 0.3 is 5.97 Å². The van der Waals surface area contributed by atoms with Crippen LogP contribution in [-0.2, 0) is 0 Å². The van der Waals surface area contributed by atoms with Crippen LogP contribution in [0.2, 0.25) is 0 Å². The highest BCUT2D eigenvalue weighted by Crippen LogP contribution is 2.31. The molecule has 0 unspecified atom stereocenters. The van der Waals surface area contributed by atoms with Crippen molar-refractivity contribution in [2.24, 2.45) is 11.8 Å². The monoisotopic (exact) mass is 233 g/mol. The summed E-state index contributed by atoms with van der Waals surface area (Å²) in [6, 6.07) is 5.34. The van der Waals surface area contributed by atoms with Gasteiger partial charge in [0.25, 0.3) is 0 Å². The minimum absolute atomic E-state index is 0.374. The van der Waals surface area contributed by atoms with E-state index in [1.54, 1.807) is 12.1 Å². The summed E-state index contributed by atoms with van der Waals surface area (Å²) in [6.45, 7) is 8.60. The van der Waals surface area contributed by atoms with Crippen LogP contribution in [0.25, 0.3) is 0 Å². The third-order valence-electron chi connectivity index (χ3n) is 3.65. The number of hydrogen-bond donors (Lipinski definition) is 1. The lowest BCUT2D eigenvalue weighted by Crippen LogP contribution is -2.49. The van der Waals surface area contributed by atoms with Gasteiger partial charge in [-0.15, -0.1) is 0 Å². The lowest BCUT2D eigenvalue weighted by molar-refractivity contribution is 0.0697. The van der Waals surface area contributed by atoms with Gasteiger partial charge in [-0.2, -0.15) is 0 Å². The summed E-state index contributed by atoms with van der Waals surface area (Å²) >= 11 is 0. The van der Waals surface area contributed by atoms with Crippen molar-refractivity contribution in [1.29, 1.82) is 0 Å². The molecule has 0 atom stereocenters. The van der Waals surface area contributed by atoms with Crippen molar-refractivity contribution >= 4 is 11.7 Å². The number of hydrogen-bond acceptors (Lipinski definition) is 2. The molecule has 1 aliphatic rings. The molecule has 1 N–H and O–H groups in total. The second-order valence-electron chi connectivity index (χ2n) is 5.22. The fourth-order valence-electron chi connectivity index (χ4n) is 2.21. The first-order valence-corrected chi connectivity index (χ1v) is 6.08. The van der Waals surface area contributed by atoms with E-state index in [0.29, 0.717) is 11.5 Å². The number of rotatable bonds is 3. The number of carboxylic acid groups (broad SMARTS) is 1. The van der Waals surface area contributed by atoms with E-state index >= 15 is 0 Å². The molecule has 3 heteroatoms. The number of benzene rings is 1. The van der Waals surface area contributed by atoms with Crippen LogP contribution in [0, 0.1) is 18.8 Å². The number of anilines is 1. The van der Waals surface area contributed by atoms with Crippen molar-refractivity contribution in [3.05, 3.63) is 29.3 Å². The normalized spacial score (nSPS) is 16.1. The molecule has 0 spiro atoms. The molecule has 1 aromatic rings. The van der Waals surface area contributed by atoms with Gasteiger partial charge in [-0.25, -0.2) is 4.79 Å². The lowest BCUT2D eigenvalue weighted by Gasteiger charge is -2.44. The van der Waals surface area contributed by atoms with Gasteiger partial charge in [0.1, 0.15) is 0 Å². The van der Waals surface area contributed by atoms with Gasteiger partial charge in [0.15, 0.2) is 0 Å². The van der Waals surface area contributed by atoms with Gasteiger partial charge in [-0.1, -0.05) is 19.9 Å². The number of carbonyl (C=O) groups is 1. The highest BCUT2D eigenvalue weighted by molar-refractivity contribution is 5.89. The molecule has 1 fully saturated rings. The lowest BCUT2D eigenvalue weighted by atomic mass is 9.87. The molecule has 1 aromatic carbocycles. The summed E-state index contributed by atoms with van der Waals surface area (Å²) in [5.41, 5.74) is 2.60. The first-order valence-electron chi connectivity index (χ1n) is 6.08. The van der Waals surface area contributed by atoms with Gasteiger partial charge in [-0.05, 0) is 36.5 Å². The molecule has 0 aliphatic carbocycles. The second kappa shape index (κ2) is 4.40. The molecule has 0 saturated carbocycles. The van der Waals surface area contributed by atoms with Crippen LogP contribution < -0.4 is 4.90 Å². The average molecular weight is 233 g/mol. The number of nitrogens with zero attached hydrogens (tertiary/aromatic N) is 1. The average Bonchev–Trinajstić information content (AvgIpc) is 2.17. The highest BCUT2D eigenvalue weighted by Gasteiger charge is 2.30. The largest absolute Gasteiger partial charge is 0.478 e. The van der Waals surface area contributed by atoms with E-state index in [1.165, 1.54) is 0 Å². The van der Waals surface area contributed by atoms with Crippen LogP contribution in [-0.4, -0.2) is 24.2 Å². The molecule has 0 amide bonds. The Kier molecular flexibility index (Phi) is 3.09. The number of aryl methyl sites for hydroxylation is 1. The second-order valence-corrected chi connectivity index (χ2v) is 5.22. The summed E-state index contributed by atoms with van der Waals surface area (Å²) < 4.78 is 0. The Morgan fingerprint density at radius 3 is 2.59 bits per heavy atom. The number of aromatic carboxylic acids is 1. The van der Waals surface area contributed by atoms with Crippen LogP contribution in [0.3, 0.4) is 0 Å². The van der Waals surface area contributed by atoms with Crippen LogP contribution in [0.15, 0.2) is 18.2 Å². The summed E-state index contributed by atoms with van der Waals surface area (Å²) in [7, 11) is 0. The quantitative estimate of drug-likeness (QED) is 0.872. The van der Waals surface area contributed by atoms with Crippen LogP contribution in [0.4, 0.5) is 5.69 Å². The minimum atomic E-state index is -0.854. The predicted molar refractivity (Wildman–Crippen MR) is 68.7 cm³/mol. The summed E-state index contributed by atoms with van der Waals surface area (Å²) in [5, 5.41) is 8.99. The Morgan fingerprint density at radius 2 is 2.06 bits per heavy atom. The van der Waals surface area contributed by atoms with Crippen molar-refractivity contribution in [2.45, 2.75) is 20.8 Å². The topological polar surface area (TPSA) is 40.5 Å². The minimum Gasteiger partial charge on any atom is -0.478 e. The highest BCUT2D eigenvalue weighted by atomic mass is 16.4. The van der Waals surface area contributed by atoms with E-state index in [-0.39, 0.29) is 0 Å². The summed E-state index contributed by atoms with van der Waals surface area (Å²) in [4.78, 5) is 13.2. The van der Waals surface area contributed by atoms with Crippen LogP contribution in [0.1, 0.15) is 29.8 Å². The zero-order valence-corrected chi connectivity index (χ0v) is 10.6. The van der Waals surface area contributed by atoms with Gasteiger partial charge in [-0.3, -0.25) is 0 Å². The molecule has 2 rings (SSSR count). The van der Waals surface area contributed by atoms with Crippen molar-refractivity contribution in [3.63, 3.8) is 0 Å². The maximum absolute atomic E-state index is 10.9. The molecule has 0 aromatic heterocycles. The standard InChI is InChI=1S/C14H19NO2/c1-9(2)12-7-15(8-12)13-6-11(14(16)17)5-4-10(13)3/h4-6,9,12H,7-8H2,1-3H3,(H,16,17). The third-order valence-corrected chi connectivity index (χ3v) is 3.65. The number of carboxylic acids is 1. The molecule has 1 aliphatic heterocycles. The van der Waals surface area contributed by atoms with E-state index in [4.69, 9.17) is 5.11 Å². The van der Waals surface area contributed by atoms with E-state index in [2.05, 4.69) is 18.7 Å². The van der Waals surface area contributed by atoms with Gasteiger partial charge in [0, 0.05) is 18.8 Å². The molecule has 3 nitrogen and oxygen atoms in total. The molecule has 92 valence electrons. The van der Waals surface area contributed by atoms with Crippen LogP contribution >= 0.6 is 0 Å². The van der Waals surface area contributed by atoms with Crippen molar-refractivity contribution in [3.8, 4) is 0 Å². The Morgan fingerprint density at radius 1 is 1.41 bits per heavy atom. The first kappa shape index (κ1) is 12.0. The van der Waals surface area contributed by atoms with Crippen LogP contribution in [0.5, 0.6) is 0 Å². The van der Waals surface area contributed by atoms with Crippen molar-refractivity contribution in [1.82, 2.24) is 0 Å². The fraction of sp³-hybridized carbons (Fsp3) is 0.500. The van der Waals surface area contributed by atoms with E-state index in [9.17, 15) is 4.79 Å². The molecule has 0 bridgehead atoms. The third kappa shape index (κ3) is 2.28. The predicted octanol–water partition coefficient (Wildman–Crippen LogP) is 2.79. The van der Waals surface area contributed by atoms with Gasteiger partial charge in [0.2, 0.25) is 0 Å².